The lowest BCUT2D eigenvalue weighted by Gasteiger charge is -2.15. The molecule has 0 radical (unpaired) electrons. The lowest BCUT2D eigenvalue weighted by atomic mass is 9.94. The van der Waals surface area contributed by atoms with Crippen molar-refractivity contribution in [2.75, 3.05) is 11.9 Å². The lowest BCUT2D eigenvalue weighted by molar-refractivity contribution is -0.117. The molecule has 1 unspecified atom stereocenters. The van der Waals surface area contributed by atoms with Crippen molar-refractivity contribution in [2.45, 2.75) is 47.0 Å². The van der Waals surface area contributed by atoms with Crippen LogP contribution in [0.3, 0.4) is 0 Å². The van der Waals surface area contributed by atoms with E-state index in [-0.39, 0.29) is 11.8 Å². The van der Waals surface area contributed by atoms with E-state index in [0.717, 1.165) is 17.8 Å². The molecule has 0 aliphatic rings. The highest BCUT2D eigenvalue weighted by atomic mass is 32.1. The summed E-state index contributed by atoms with van der Waals surface area (Å²) in [6, 6.07) is 0. The van der Waals surface area contributed by atoms with Gasteiger partial charge < -0.3 is 11.1 Å². The summed E-state index contributed by atoms with van der Waals surface area (Å²) in [6.07, 6.45) is 2.32. The van der Waals surface area contributed by atoms with Crippen LogP contribution in [0.5, 0.6) is 0 Å². The van der Waals surface area contributed by atoms with Crippen LogP contribution >= 0.6 is 11.3 Å². The van der Waals surface area contributed by atoms with Crippen molar-refractivity contribution >= 4 is 22.4 Å². The predicted octanol–water partition coefficient (Wildman–Crippen LogP) is 2.69. The highest BCUT2D eigenvalue weighted by Crippen LogP contribution is 2.20. The zero-order chi connectivity index (χ0) is 15.1. The van der Waals surface area contributed by atoms with Gasteiger partial charge in [-0.25, -0.2) is 0 Å². The Bertz CT molecular complexity index is 417. The van der Waals surface area contributed by atoms with Crippen LogP contribution < -0.4 is 11.1 Å². The minimum atomic E-state index is -0.0200. The van der Waals surface area contributed by atoms with Crippen molar-refractivity contribution in [1.29, 1.82) is 0 Å². The van der Waals surface area contributed by atoms with E-state index in [1.54, 1.807) is 0 Å². The zero-order valence-electron chi connectivity index (χ0n) is 12.8. The van der Waals surface area contributed by atoms with Gasteiger partial charge >= 0.3 is 0 Å². The summed E-state index contributed by atoms with van der Waals surface area (Å²) in [5.74, 6) is 1.31. The van der Waals surface area contributed by atoms with Crippen LogP contribution in [0.2, 0.25) is 0 Å². The van der Waals surface area contributed by atoms with E-state index in [0.29, 0.717) is 29.9 Å². The Morgan fingerprint density at radius 1 is 1.25 bits per heavy atom. The molecule has 1 aromatic rings. The van der Waals surface area contributed by atoms with E-state index in [1.165, 1.54) is 11.3 Å². The minimum absolute atomic E-state index is 0.0200. The average Bonchev–Trinajstić information content (AvgIpc) is 2.73. The van der Waals surface area contributed by atoms with Gasteiger partial charge in [-0.2, -0.15) is 0 Å². The highest BCUT2D eigenvalue weighted by Gasteiger charge is 2.15. The molecule has 6 heteroatoms. The van der Waals surface area contributed by atoms with E-state index in [2.05, 4.69) is 43.2 Å². The molecule has 3 N–H and O–H groups in total. The molecular formula is C14H26N4OS. The Balaban J connectivity index is 2.47. The van der Waals surface area contributed by atoms with Crippen LogP contribution in [0.25, 0.3) is 0 Å². The number of carbonyl (C=O) groups is 1. The monoisotopic (exact) mass is 298 g/mol. The van der Waals surface area contributed by atoms with Crippen molar-refractivity contribution in [1.82, 2.24) is 10.2 Å². The smallest absolute Gasteiger partial charge is 0.226 e. The summed E-state index contributed by atoms with van der Waals surface area (Å²) in [4.78, 5) is 12.0. The number of nitrogens with two attached hydrogens (primary N) is 1. The molecule has 0 aliphatic heterocycles. The molecule has 0 fully saturated rings. The third kappa shape index (κ3) is 6.43. The van der Waals surface area contributed by atoms with Gasteiger partial charge in [0.15, 0.2) is 0 Å². The van der Waals surface area contributed by atoms with Crippen molar-refractivity contribution in [3.05, 3.63) is 5.01 Å². The molecule has 0 bridgehead atoms. The number of rotatable bonds is 8. The summed E-state index contributed by atoms with van der Waals surface area (Å²) in [5.41, 5.74) is 5.72. The molecule has 5 nitrogen and oxygen atoms in total. The first-order chi connectivity index (χ1) is 9.40. The van der Waals surface area contributed by atoms with Crippen molar-refractivity contribution < 1.29 is 4.79 Å². The predicted molar refractivity (Wildman–Crippen MR) is 83.7 cm³/mol. The van der Waals surface area contributed by atoms with E-state index in [9.17, 15) is 4.79 Å². The van der Waals surface area contributed by atoms with E-state index in [4.69, 9.17) is 5.73 Å². The normalized spacial score (nSPS) is 12.9. The van der Waals surface area contributed by atoms with Crippen molar-refractivity contribution in [3.63, 3.8) is 0 Å². The molecule has 20 heavy (non-hydrogen) atoms. The molecule has 1 atom stereocenters. The molecular weight excluding hydrogens is 272 g/mol. The third-order valence-electron chi connectivity index (χ3n) is 2.91. The van der Waals surface area contributed by atoms with Crippen LogP contribution in [0, 0.1) is 17.8 Å². The molecule has 1 heterocycles. The maximum Gasteiger partial charge on any atom is 0.226 e. The number of hydrogen-bond donors (Lipinski definition) is 2. The Morgan fingerprint density at radius 2 is 1.95 bits per heavy atom. The number of carbonyl (C=O) groups excluding carboxylic acids is 1. The highest BCUT2D eigenvalue weighted by molar-refractivity contribution is 7.15. The van der Waals surface area contributed by atoms with Gasteiger partial charge in [-0.1, -0.05) is 39.0 Å². The van der Waals surface area contributed by atoms with Crippen LogP contribution in [-0.2, 0) is 11.2 Å². The second-order valence-electron chi connectivity index (χ2n) is 6.08. The van der Waals surface area contributed by atoms with Crippen LogP contribution in [0.1, 0.15) is 45.5 Å². The minimum Gasteiger partial charge on any atom is -0.330 e. The standard InChI is InChI=1S/C14H26N4OS/c1-9(2)5-11(8-15)7-12(19)16-14-18-17-13(20-14)6-10(3)4/h9-11H,5-8,15H2,1-4H3,(H,16,18,19). The Kier molecular flexibility index (Phi) is 7.09. The number of aromatic nitrogens is 2. The van der Waals surface area contributed by atoms with E-state index >= 15 is 0 Å². The van der Waals surface area contributed by atoms with Gasteiger partial charge in [0.05, 0.1) is 0 Å². The number of nitrogens with one attached hydrogen (secondary N) is 1. The topological polar surface area (TPSA) is 80.9 Å². The molecule has 0 saturated heterocycles. The van der Waals surface area contributed by atoms with Gasteiger partial charge in [0.1, 0.15) is 5.01 Å². The SMILES string of the molecule is CC(C)Cc1nnc(NC(=O)CC(CN)CC(C)C)s1. The first-order valence-electron chi connectivity index (χ1n) is 7.23. The van der Waals surface area contributed by atoms with Gasteiger partial charge in [-0.15, -0.1) is 10.2 Å². The second kappa shape index (κ2) is 8.32. The van der Waals surface area contributed by atoms with E-state index in [1.807, 2.05) is 0 Å². The van der Waals surface area contributed by atoms with Gasteiger partial charge in [0.25, 0.3) is 0 Å². The fourth-order valence-electron chi connectivity index (χ4n) is 2.10. The van der Waals surface area contributed by atoms with Gasteiger partial charge in [0, 0.05) is 12.8 Å². The molecule has 0 aromatic carbocycles. The second-order valence-corrected chi connectivity index (χ2v) is 7.14. The summed E-state index contributed by atoms with van der Waals surface area (Å²) in [5, 5.41) is 12.5. The quantitative estimate of drug-likeness (QED) is 0.773. The van der Waals surface area contributed by atoms with Crippen molar-refractivity contribution in [3.8, 4) is 0 Å². The maximum absolute atomic E-state index is 12.0. The molecule has 1 rings (SSSR count). The van der Waals surface area contributed by atoms with E-state index < -0.39 is 0 Å². The van der Waals surface area contributed by atoms with Crippen LogP contribution in [0.15, 0.2) is 0 Å². The lowest BCUT2D eigenvalue weighted by Crippen LogP contribution is -2.23. The Labute approximate surface area is 125 Å². The molecule has 0 saturated carbocycles. The number of amides is 1. The Hall–Kier alpha value is -1.01. The van der Waals surface area contributed by atoms with Crippen LogP contribution in [0.4, 0.5) is 5.13 Å². The summed E-state index contributed by atoms with van der Waals surface area (Å²) in [7, 11) is 0. The number of hydrogen-bond acceptors (Lipinski definition) is 5. The zero-order valence-corrected chi connectivity index (χ0v) is 13.7. The summed E-state index contributed by atoms with van der Waals surface area (Å²) in [6.45, 7) is 9.10. The molecule has 1 aromatic heterocycles. The van der Waals surface area contributed by atoms with Crippen molar-refractivity contribution in [2.24, 2.45) is 23.5 Å². The van der Waals surface area contributed by atoms with Gasteiger partial charge in [0.2, 0.25) is 11.0 Å². The Morgan fingerprint density at radius 3 is 2.50 bits per heavy atom. The molecule has 0 aliphatic carbocycles. The van der Waals surface area contributed by atoms with Gasteiger partial charge in [-0.05, 0) is 30.7 Å². The molecule has 0 spiro atoms. The first kappa shape index (κ1) is 17.0. The fourth-order valence-corrected chi connectivity index (χ4v) is 3.07. The number of nitrogens with zero attached hydrogens (tertiary/aromatic N) is 2. The summed E-state index contributed by atoms with van der Waals surface area (Å²) >= 11 is 1.45. The average molecular weight is 298 g/mol. The van der Waals surface area contributed by atoms with Gasteiger partial charge in [-0.3, -0.25) is 4.79 Å². The third-order valence-corrected chi connectivity index (χ3v) is 3.77. The van der Waals surface area contributed by atoms with Crippen LogP contribution in [-0.4, -0.2) is 22.6 Å². The fraction of sp³-hybridized carbons (Fsp3) is 0.786. The molecule has 114 valence electrons. The maximum atomic E-state index is 12.0. The number of anilines is 1. The summed E-state index contributed by atoms with van der Waals surface area (Å²) < 4.78 is 0. The first-order valence-corrected chi connectivity index (χ1v) is 8.04. The largest absolute Gasteiger partial charge is 0.330 e. The molecule has 1 amide bonds.